The molecule has 0 saturated carbocycles. The minimum absolute atomic E-state index is 0.611. The Morgan fingerprint density at radius 2 is 1.68 bits per heavy atom. The van der Waals surface area contributed by atoms with Gasteiger partial charge < -0.3 is 9.64 Å². The van der Waals surface area contributed by atoms with E-state index in [-0.39, 0.29) is 0 Å². The van der Waals surface area contributed by atoms with E-state index in [1.54, 1.807) is 6.20 Å². The van der Waals surface area contributed by atoms with Crippen LogP contribution < -0.4 is 9.64 Å². The van der Waals surface area contributed by atoms with Crippen LogP contribution in [0.5, 0.6) is 11.6 Å². The zero-order valence-electron chi connectivity index (χ0n) is 14.2. The summed E-state index contributed by atoms with van der Waals surface area (Å²) < 4.78 is 5.78. The van der Waals surface area contributed by atoms with E-state index < -0.39 is 0 Å². The number of hydrogen-bond donors (Lipinski definition) is 0. The van der Waals surface area contributed by atoms with Crippen LogP contribution in [0.3, 0.4) is 0 Å². The molecule has 0 amide bonds. The second kappa shape index (κ2) is 7.39. The molecule has 2 heterocycles. The fourth-order valence-electron chi connectivity index (χ4n) is 3.46. The van der Waals surface area contributed by atoms with Crippen LogP contribution in [-0.2, 0) is 0 Å². The van der Waals surface area contributed by atoms with Gasteiger partial charge in [0.2, 0.25) is 5.88 Å². The molecular formula is C22H22N2O. The Balaban J connectivity index is 1.44. The van der Waals surface area contributed by atoms with Gasteiger partial charge >= 0.3 is 0 Å². The summed E-state index contributed by atoms with van der Waals surface area (Å²) in [5, 5.41) is 0. The van der Waals surface area contributed by atoms with Crippen LogP contribution in [0.2, 0.25) is 0 Å². The number of anilines is 1. The molecule has 1 saturated heterocycles. The van der Waals surface area contributed by atoms with E-state index in [4.69, 9.17) is 4.74 Å². The maximum absolute atomic E-state index is 5.78. The van der Waals surface area contributed by atoms with Gasteiger partial charge in [0.25, 0.3) is 0 Å². The Labute approximate surface area is 148 Å². The predicted octanol–water partition coefficient (Wildman–Crippen LogP) is 5.26. The Morgan fingerprint density at radius 1 is 0.880 bits per heavy atom. The lowest BCUT2D eigenvalue weighted by Crippen LogP contribution is -2.34. The summed E-state index contributed by atoms with van der Waals surface area (Å²) >= 11 is 0. The normalized spacial score (nSPS) is 17.3. The molecule has 1 aromatic heterocycles. The first-order chi connectivity index (χ1) is 12.4. The molecule has 1 aliphatic heterocycles. The van der Waals surface area contributed by atoms with Crippen LogP contribution in [0.1, 0.15) is 24.3 Å². The molecule has 1 aliphatic rings. The van der Waals surface area contributed by atoms with E-state index in [9.17, 15) is 0 Å². The molecule has 25 heavy (non-hydrogen) atoms. The van der Waals surface area contributed by atoms with Crippen LogP contribution in [0, 0.1) is 0 Å². The number of hydrogen-bond acceptors (Lipinski definition) is 3. The molecule has 1 atom stereocenters. The Morgan fingerprint density at radius 3 is 2.44 bits per heavy atom. The SMILES string of the molecule is c1ccc(C2CCCN(c3ccc(Oc4ccccn4)cc3)C2)cc1. The van der Waals surface area contributed by atoms with Crippen molar-refractivity contribution < 1.29 is 4.74 Å². The van der Waals surface area contributed by atoms with Gasteiger partial charge in [-0.2, -0.15) is 0 Å². The van der Waals surface area contributed by atoms with Crippen molar-refractivity contribution in [1.29, 1.82) is 0 Å². The lowest BCUT2D eigenvalue weighted by atomic mass is 9.90. The van der Waals surface area contributed by atoms with Gasteiger partial charge in [-0.05, 0) is 48.7 Å². The summed E-state index contributed by atoms with van der Waals surface area (Å²) in [5.41, 5.74) is 2.70. The molecule has 0 radical (unpaired) electrons. The third kappa shape index (κ3) is 3.82. The first-order valence-electron chi connectivity index (χ1n) is 8.87. The molecule has 126 valence electrons. The smallest absolute Gasteiger partial charge is 0.219 e. The van der Waals surface area contributed by atoms with Crippen molar-refractivity contribution in [2.24, 2.45) is 0 Å². The Bertz CT molecular complexity index is 787. The quantitative estimate of drug-likeness (QED) is 0.652. The zero-order valence-corrected chi connectivity index (χ0v) is 14.2. The number of nitrogens with zero attached hydrogens (tertiary/aromatic N) is 2. The molecular weight excluding hydrogens is 308 g/mol. The van der Waals surface area contributed by atoms with Gasteiger partial charge in [-0.15, -0.1) is 0 Å². The highest BCUT2D eigenvalue weighted by atomic mass is 16.5. The van der Waals surface area contributed by atoms with E-state index in [0.29, 0.717) is 11.8 Å². The van der Waals surface area contributed by atoms with Crippen LogP contribution >= 0.6 is 0 Å². The second-order valence-electron chi connectivity index (χ2n) is 6.46. The van der Waals surface area contributed by atoms with Crippen molar-refractivity contribution in [1.82, 2.24) is 4.98 Å². The summed E-state index contributed by atoms with van der Waals surface area (Å²) in [6, 6.07) is 24.9. The molecule has 1 fully saturated rings. The fourth-order valence-corrected chi connectivity index (χ4v) is 3.46. The lowest BCUT2D eigenvalue weighted by Gasteiger charge is -2.34. The number of piperidine rings is 1. The summed E-state index contributed by atoms with van der Waals surface area (Å²) in [6.45, 7) is 2.19. The highest BCUT2D eigenvalue weighted by molar-refractivity contribution is 5.50. The zero-order chi connectivity index (χ0) is 16.9. The van der Waals surface area contributed by atoms with Crippen molar-refractivity contribution in [2.45, 2.75) is 18.8 Å². The average Bonchev–Trinajstić information content (AvgIpc) is 2.70. The van der Waals surface area contributed by atoms with Gasteiger partial charge in [-0.1, -0.05) is 36.4 Å². The average molecular weight is 330 g/mol. The largest absolute Gasteiger partial charge is 0.439 e. The minimum Gasteiger partial charge on any atom is -0.439 e. The molecule has 0 aliphatic carbocycles. The molecule has 2 aromatic carbocycles. The third-order valence-corrected chi connectivity index (χ3v) is 4.75. The fraction of sp³-hybridized carbons (Fsp3) is 0.227. The van der Waals surface area contributed by atoms with Crippen molar-refractivity contribution >= 4 is 5.69 Å². The van der Waals surface area contributed by atoms with E-state index in [2.05, 4.69) is 52.3 Å². The Hall–Kier alpha value is -2.81. The summed E-state index contributed by atoms with van der Waals surface area (Å²) in [6.07, 6.45) is 4.23. The topological polar surface area (TPSA) is 25.4 Å². The molecule has 1 unspecified atom stereocenters. The highest BCUT2D eigenvalue weighted by Crippen LogP contribution is 2.31. The van der Waals surface area contributed by atoms with Crippen molar-refractivity contribution in [3.8, 4) is 11.6 Å². The van der Waals surface area contributed by atoms with Crippen LogP contribution in [0.15, 0.2) is 79.0 Å². The monoisotopic (exact) mass is 330 g/mol. The molecule has 3 heteroatoms. The van der Waals surface area contributed by atoms with Gasteiger partial charge in [0.1, 0.15) is 5.75 Å². The van der Waals surface area contributed by atoms with Gasteiger partial charge in [0.05, 0.1) is 0 Å². The van der Waals surface area contributed by atoms with Gasteiger partial charge in [0.15, 0.2) is 0 Å². The number of benzene rings is 2. The second-order valence-corrected chi connectivity index (χ2v) is 6.46. The summed E-state index contributed by atoms with van der Waals surface area (Å²) in [7, 11) is 0. The molecule has 0 spiro atoms. The molecule has 0 bridgehead atoms. The van der Waals surface area contributed by atoms with Crippen molar-refractivity contribution in [2.75, 3.05) is 18.0 Å². The number of aromatic nitrogens is 1. The third-order valence-electron chi connectivity index (χ3n) is 4.75. The number of ether oxygens (including phenoxy) is 1. The van der Waals surface area contributed by atoms with E-state index >= 15 is 0 Å². The Kier molecular flexibility index (Phi) is 4.64. The van der Waals surface area contributed by atoms with Crippen molar-refractivity contribution in [3.63, 3.8) is 0 Å². The van der Waals surface area contributed by atoms with Crippen molar-refractivity contribution in [3.05, 3.63) is 84.6 Å². The van der Waals surface area contributed by atoms with Crippen LogP contribution in [0.4, 0.5) is 5.69 Å². The highest BCUT2D eigenvalue weighted by Gasteiger charge is 2.21. The molecule has 3 aromatic rings. The first kappa shape index (κ1) is 15.7. The van der Waals surface area contributed by atoms with Gasteiger partial charge in [-0.3, -0.25) is 0 Å². The molecule has 3 nitrogen and oxygen atoms in total. The lowest BCUT2D eigenvalue weighted by molar-refractivity contribution is 0.462. The number of rotatable bonds is 4. The standard InChI is InChI=1S/C22H22N2O/c1-2-7-18(8-3-1)19-9-6-16-24(17-19)20-11-13-21(14-12-20)25-22-10-4-5-15-23-22/h1-5,7-8,10-15,19H,6,9,16-17H2. The first-order valence-corrected chi connectivity index (χ1v) is 8.87. The summed E-state index contributed by atoms with van der Waals surface area (Å²) in [5.74, 6) is 2.05. The van der Waals surface area contributed by atoms with Gasteiger partial charge in [-0.25, -0.2) is 4.98 Å². The van der Waals surface area contributed by atoms with E-state index in [1.165, 1.54) is 24.1 Å². The molecule has 0 N–H and O–H groups in total. The summed E-state index contributed by atoms with van der Waals surface area (Å²) in [4.78, 5) is 6.68. The van der Waals surface area contributed by atoms with Crippen LogP contribution in [0.25, 0.3) is 0 Å². The minimum atomic E-state index is 0.611. The molecule has 4 rings (SSSR count). The maximum Gasteiger partial charge on any atom is 0.219 e. The van der Waals surface area contributed by atoms with Crippen LogP contribution in [-0.4, -0.2) is 18.1 Å². The van der Waals surface area contributed by atoms with Gasteiger partial charge in [0, 0.05) is 37.0 Å². The maximum atomic E-state index is 5.78. The van der Waals surface area contributed by atoms with E-state index in [0.717, 1.165) is 18.8 Å². The van der Waals surface area contributed by atoms with E-state index in [1.807, 2.05) is 30.3 Å². The number of pyridine rings is 1. The predicted molar refractivity (Wildman–Crippen MR) is 101 cm³/mol.